The van der Waals surface area contributed by atoms with Gasteiger partial charge < -0.3 is 10.2 Å². The summed E-state index contributed by atoms with van der Waals surface area (Å²) in [5.41, 5.74) is 3.65. The van der Waals surface area contributed by atoms with Crippen LogP contribution in [-0.4, -0.2) is 37.8 Å². The summed E-state index contributed by atoms with van der Waals surface area (Å²) < 4.78 is 0. The second kappa shape index (κ2) is 7.79. The number of amides is 1. The van der Waals surface area contributed by atoms with Crippen LogP contribution in [0.1, 0.15) is 16.1 Å². The van der Waals surface area contributed by atoms with Crippen LogP contribution in [0.4, 0.5) is 11.6 Å². The zero-order chi connectivity index (χ0) is 19.3. The number of nitrogens with zero attached hydrogens (tertiary/aromatic N) is 5. The van der Waals surface area contributed by atoms with E-state index in [0.29, 0.717) is 18.1 Å². The zero-order valence-corrected chi connectivity index (χ0v) is 15.3. The maximum Gasteiger partial charge on any atom is 0.257 e. The van der Waals surface area contributed by atoms with E-state index in [1.54, 1.807) is 18.1 Å². The van der Waals surface area contributed by atoms with Crippen LogP contribution in [0.3, 0.4) is 0 Å². The van der Waals surface area contributed by atoms with Crippen LogP contribution in [0.5, 0.6) is 0 Å². The molecule has 0 fully saturated rings. The zero-order valence-electron chi connectivity index (χ0n) is 15.3. The minimum Gasteiger partial charge on any atom is -0.336 e. The van der Waals surface area contributed by atoms with Gasteiger partial charge in [0.1, 0.15) is 0 Å². The Labute approximate surface area is 162 Å². The Hall–Kier alpha value is -3.87. The van der Waals surface area contributed by atoms with Crippen molar-refractivity contribution in [1.82, 2.24) is 24.8 Å². The molecular formula is C21H18N6O. The van der Waals surface area contributed by atoms with E-state index in [-0.39, 0.29) is 5.91 Å². The Balaban J connectivity index is 1.44. The number of carbonyl (C=O) groups is 1. The van der Waals surface area contributed by atoms with Gasteiger partial charge in [0.2, 0.25) is 5.95 Å². The summed E-state index contributed by atoms with van der Waals surface area (Å²) in [5, 5.41) is 3.09. The van der Waals surface area contributed by atoms with Crippen molar-refractivity contribution in [1.29, 1.82) is 0 Å². The number of para-hydroxylation sites is 3. The van der Waals surface area contributed by atoms with Gasteiger partial charge in [-0.3, -0.25) is 9.78 Å². The van der Waals surface area contributed by atoms with Crippen molar-refractivity contribution < 1.29 is 4.79 Å². The molecule has 2 aromatic carbocycles. The first-order chi connectivity index (χ1) is 13.7. The summed E-state index contributed by atoms with van der Waals surface area (Å²) in [6.45, 7) is 0.348. The van der Waals surface area contributed by atoms with Crippen LogP contribution in [0, 0.1) is 0 Å². The first-order valence-corrected chi connectivity index (χ1v) is 8.79. The lowest BCUT2D eigenvalue weighted by Crippen LogP contribution is -2.27. The highest BCUT2D eigenvalue weighted by Crippen LogP contribution is 2.13. The van der Waals surface area contributed by atoms with Crippen LogP contribution in [0.15, 0.2) is 73.2 Å². The Bertz CT molecular complexity index is 1100. The molecule has 0 radical (unpaired) electrons. The Morgan fingerprint density at radius 1 is 0.893 bits per heavy atom. The van der Waals surface area contributed by atoms with E-state index in [0.717, 1.165) is 22.4 Å². The van der Waals surface area contributed by atoms with E-state index in [4.69, 9.17) is 0 Å². The van der Waals surface area contributed by atoms with E-state index in [1.165, 1.54) is 12.4 Å². The highest BCUT2D eigenvalue weighted by Gasteiger charge is 2.14. The molecule has 0 bridgehead atoms. The molecule has 4 aromatic rings. The molecule has 0 saturated carbocycles. The number of carbonyl (C=O) groups excluding carboxylic acids is 1. The molecule has 28 heavy (non-hydrogen) atoms. The molecule has 1 N–H and O–H groups in total. The number of benzene rings is 2. The number of hydrogen-bond acceptors (Lipinski definition) is 6. The van der Waals surface area contributed by atoms with Crippen molar-refractivity contribution in [3.63, 3.8) is 0 Å². The third-order valence-electron chi connectivity index (χ3n) is 4.17. The Kier molecular flexibility index (Phi) is 4.88. The van der Waals surface area contributed by atoms with Crippen LogP contribution in [-0.2, 0) is 6.54 Å². The molecule has 1 amide bonds. The molecule has 2 aromatic heterocycles. The lowest BCUT2D eigenvalue weighted by molar-refractivity contribution is 0.0782. The number of aromatic nitrogens is 4. The van der Waals surface area contributed by atoms with E-state index in [2.05, 4.69) is 25.3 Å². The molecule has 2 heterocycles. The van der Waals surface area contributed by atoms with Crippen LogP contribution < -0.4 is 5.32 Å². The molecule has 0 unspecified atom stereocenters. The second-order valence-corrected chi connectivity index (χ2v) is 6.30. The van der Waals surface area contributed by atoms with Gasteiger partial charge in [0.25, 0.3) is 5.91 Å². The van der Waals surface area contributed by atoms with Crippen LogP contribution in [0.2, 0.25) is 0 Å². The molecule has 7 nitrogen and oxygen atoms in total. The third-order valence-corrected chi connectivity index (χ3v) is 4.17. The van der Waals surface area contributed by atoms with E-state index in [9.17, 15) is 4.79 Å². The number of nitrogens with one attached hydrogen (secondary N) is 1. The first kappa shape index (κ1) is 17.5. The SMILES string of the molecule is CN(Cc1cnc2ccccc2n1)C(=O)c1cnc(Nc2ccccc2)nc1. The minimum atomic E-state index is -0.179. The van der Waals surface area contributed by atoms with Crippen LogP contribution in [0.25, 0.3) is 11.0 Å². The quantitative estimate of drug-likeness (QED) is 0.579. The van der Waals surface area contributed by atoms with E-state index < -0.39 is 0 Å². The standard InChI is InChI=1S/C21H18N6O/c1-27(14-17-13-22-18-9-5-6-10-19(18)25-17)20(28)15-11-23-21(24-12-15)26-16-7-3-2-4-8-16/h2-13H,14H2,1H3,(H,23,24,26). The Morgan fingerprint density at radius 3 is 2.32 bits per heavy atom. The predicted octanol–water partition coefficient (Wildman–Crippen LogP) is 3.44. The van der Waals surface area contributed by atoms with Gasteiger partial charge in [0.05, 0.1) is 35.0 Å². The van der Waals surface area contributed by atoms with Gasteiger partial charge >= 0.3 is 0 Å². The molecule has 138 valence electrons. The van der Waals surface area contributed by atoms with Crippen molar-refractivity contribution >= 4 is 28.6 Å². The fourth-order valence-corrected chi connectivity index (χ4v) is 2.76. The average Bonchev–Trinajstić information content (AvgIpc) is 2.74. The molecule has 7 heteroatoms. The summed E-state index contributed by atoms with van der Waals surface area (Å²) in [4.78, 5) is 31.6. The van der Waals surface area contributed by atoms with Crippen LogP contribution >= 0.6 is 0 Å². The highest BCUT2D eigenvalue weighted by atomic mass is 16.2. The molecule has 0 aliphatic carbocycles. The van der Waals surface area contributed by atoms with Gasteiger partial charge in [-0.25, -0.2) is 15.0 Å². The molecule has 0 aliphatic heterocycles. The molecule has 4 rings (SSSR count). The molecule has 0 spiro atoms. The molecule has 0 saturated heterocycles. The topological polar surface area (TPSA) is 83.9 Å². The van der Waals surface area contributed by atoms with Crippen molar-refractivity contribution in [2.45, 2.75) is 6.54 Å². The number of fused-ring (bicyclic) bond motifs is 1. The summed E-state index contributed by atoms with van der Waals surface area (Å²) in [7, 11) is 1.72. The summed E-state index contributed by atoms with van der Waals surface area (Å²) in [6, 6.07) is 17.3. The van der Waals surface area contributed by atoms with Crippen molar-refractivity contribution in [3.8, 4) is 0 Å². The molecular weight excluding hydrogens is 352 g/mol. The van der Waals surface area contributed by atoms with Gasteiger partial charge in [-0.15, -0.1) is 0 Å². The second-order valence-electron chi connectivity index (χ2n) is 6.30. The molecule has 0 atom stereocenters. The molecule has 0 aliphatic rings. The van der Waals surface area contributed by atoms with Gasteiger partial charge in [-0.05, 0) is 24.3 Å². The van der Waals surface area contributed by atoms with Gasteiger partial charge in [0, 0.05) is 25.1 Å². The summed E-state index contributed by atoms with van der Waals surface area (Å²) >= 11 is 0. The lowest BCUT2D eigenvalue weighted by atomic mass is 10.2. The fraction of sp³-hybridized carbons (Fsp3) is 0.0952. The van der Waals surface area contributed by atoms with Crippen molar-refractivity contribution in [2.24, 2.45) is 0 Å². The van der Waals surface area contributed by atoms with Crippen molar-refractivity contribution in [3.05, 3.63) is 84.4 Å². The Morgan fingerprint density at radius 2 is 1.57 bits per heavy atom. The normalized spacial score (nSPS) is 10.6. The third kappa shape index (κ3) is 3.93. The minimum absolute atomic E-state index is 0.179. The average molecular weight is 370 g/mol. The van der Waals surface area contributed by atoms with Gasteiger partial charge in [0.15, 0.2) is 0 Å². The number of hydrogen-bond donors (Lipinski definition) is 1. The maximum atomic E-state index is 12.7. The number of anilines is 2. The highest BCUT2D eigenvalue weighted by molar-refractivity contribution is 5.93. The van der Waals surface area contributed by atoms with Crippen molar-refractivity contribution in [2.75, 3.05) is 12.4 Å². The summed E-state index contributed by atoms with van der Waals surface area (Å²) in [5.74, 6) is 0.256. The summed E-state index contributed by atoms with van der Waals surface area (Å²) in [6.07, 6.45) is 4.72. The van der Waals surface area contributed by atoms with E-state index in [1.807, 2.05) is 54.6 Å². The largest absolute Gasteiger partial charge is 0.336 e. The lowest BCUT2D eigenvalue weighted by Gasteiger charge is -2.16. The fourth-order valence-electron chi connectivity index (χ4n) is 2.76. The monoisotopic (exact) mass is 370 g/mol. The smallest absolute Gasteiger partial charge is 0.257 e. The van der Waals surface area contributed by atoms with Gasteiger partial charge in [-0.1, -0.05) is 30.3 Å². The first-order valence-electron chi connectivity index (χ1n) is 8.79. The predicted molar refractivity (Wildman–Crippen MR) is 107 cm³/mol. The van der Waals surface area contributed by atoms with Gasteiger partial charge in [-0.2, -0.15) is 0 Å². The van der Waals surface area contributed by atoms with E-state index >= 15 is 0 Å². The number of rotatable bonds is 5. The maximum absolute atomic E-state index is 12.7.